The number of anilines is 1. The summed E-state index contributed by atoms with van der Waals surface area (Å²) in [5.74, 6) is 0.872. The number of halogens is 1. The van der Waals surface area contributed by atoms with Crippen molar-refractivity contribution in [3.8, 4) is 11.5 Å². The summed E-state index contributed by atoms with van der Waals surface area (Å²) in [6.07, 6.45) is 0. The van der Waals surface area contributed by atoms with Crippen LogP contribution in [0.1, 0.15) is 22.8 Å². The van der Waals surface area contributed by atoms with E-state index >= 15 is 0 Å². The van der Waals surface area contributed by atoms with Gasteiger partial charge in [0.25, 0.3) is 5.91 Å². The summed E-state index contributed by atoms with van der Waals surface area (Å²) in [6, 6.07) is 9.96. The first-order chi connectivity index (χ1) is 13.0. The molecule has 0 N–H and O–H groups in total. The van der Waals surface area contributed by atoms with Gasteiger partial charge in [-0.3, -0.25) is 9.59 Å². The predicted octanol–water partition coefficient (Wildman–Crippen LogP) is 3.25. The van der Waals surface area contributed by atoms with E-state index in [4.69, 9.17) is 21.1 Å². The molecule has 0 aromatic heterocycles. The number of hydrogen-bond acceptors (Lipinski definition) is 4. The molecule has 6 nitrogen and oxygen atoms in total. The summed E-state index contributed by atoms with van der Waals surface area (Å²) in [4.78, 5) is 29.2. The van der Waals surface area contributed by atoms with E-state index in [1.165, 1.54) is 0 Å². The lowest BCUT2D eigenvalue weighted by Gasteiger charge is -2.39. The van der Waals surface area contributed by atoms with Crippen LogP contribution in [0, 0.1) is 6.92 Å². The number of aryl methyl sites for hydroxylation is 1. The second-order valence-corrected chi connectivity index (χ2v) is 7.10. The van der Waals surface area contributed by atoms with Crippen LogP contribution in [0.4, 0.5) is 5.69 Å². The van der Waals surface area contributed by atoms with E-state index in [2.05, 4.69) is 0 Å². The fourth-order valence-corrected chi connectivity index (χ4v) is 3.73. The Bertz CT molecular complexity index is 930. The summed E-state index contributed by atoms with van der Waals surface area (Å²) in [7, 11) is 0. The molecule has 4 rings (SSSR count). The molecular weight excluding hydrogens is 368 g/mol. The number of benzene rings is 2. The molecular formula is C20H19ClN2O4. The van der Waals surface area contributed by atoms with E-state index in [1.807, 2.05) is 19.1 Å². The smallest absolute Gasteiger partial charge is 0.254 e. The molecule has 0 saturated carbocycles. The largest absolute Gasteiger partial charge is 0.454 e. The molecule has 140 valence electrons. The minimum atomic E-state index is -0.563. The summed E-state index contributed by atoms with van der Waals surface area (Å²) in [5, 5.41) is 0.633. The van der Waals surface area contributed by atoms with Gasteiger partial charge in [0.2, 0.25) is 12.7 Å². The highest BCUT2D eigenvalue weighted by atomic mass is 35.5. The number of hydrogen-bond donors (Lipinski definition) is 0. The molecule has 7 heteroatoms. The molecule has 1 atom stereocenters. The molecule has 27 heavy (non-hydrogen) atoms. The SMILES string of the molecule is Cc1cc(Cl)ccc1N1CCN(C(=O)c2ccc3c(c2)OCO3)[C@H](C)C1=O. The topological polar surface area (TPSA) is 59.1 Å². The predicted molar refractivity (Wildman–Crippen MR) is 102 cm³/mol. The zero-order valence-corrected chi connectivity index (χ0v) is 15.8. The van der Waals surface area contributed by atoms with E-state index in [-0.39, 0.29) is 18.6 Å². The normalized spacial score (nSPS) is 18.8. The van der Waals surface area contributed by atoms with Crippen LogP contribution in [0.15, 0.2) is 36.4 Å². The molecule has 2 aliphatic rings. The Kier molecular flexibility index (Phi) is 4.44. The van der Waals surface area contributed by atoms with Crippen LogP contribution in [0.25, 0.3) is 0 Å². The van der Waals surface area contributed by atoms with Crippen molar-refractivity contribution in [1.29, 1.82) is 0 Å². The van der Waals surface area contributed by atoms with Crippen molar-refractivity contribution >= 4 is 29.1 Å². The van der Waals surface area contributed by atoms with Crippen LogP contribution < -0.4 is 14.4 Å². The Morgan fingerprint density at radius 1 is 1.11 bits per heavy atom. The van der Waals surface area contributed by atoms with Crippen molar-refractivity contribution < 1.29 is 19.1 Å². The van der Waals surface area contributed by atoms with Crippen molar-refractivity contribution in [1.82, 2.24) is 4.90 Å². The van der Waals surface area contributed by atoms with Gasteiger partial charge in [0.1, 0.15) is 6.04 Å². The standard InChI is InChI=1S/C20H19ClN2O4/c1-12-9-15(21)4-5-16(12)23-8-7-22(13(2)19(23)24)20(25)14-3-6-17-18(10-14)27-11-26-17/h3-6,9-10,13H,7-8,11H2,1-2H3/t13-/m1/s1. The number of carbonyl (C=O) groups is 2. The second-order valence-electron chi connectivity index (χ2n) is 6.66. The maximum absolute atomic E-state index is 13.0. The maximum atomic E-state index is 13.0. The molecule has 1 saturated heterocycles. The zero-order valence-electron chi connectivity index (χ0n) is 15.1. The quantitative estimate of drug-likeness (QED) is 0.795. The third-order valence-electron chi connectivity index (χ3n) is 4.99. The Hall–Kier alpha value is -2.73. The number of piperazine rings is 1. The molecule has 2 aromatic carbocycles. The summed E-state index contributed by atoms with van der Waals surface area (Å²) in [6.45, 7) is 4.71. The Labute approximate surface area is 162 Å². The van der Waals surface area contributed by atoms with Gasteiger partial charge in [-0.15, -0.1) is 0 Å². The summed E-state index contributed by atoms with van der Waals surface area (Å²) >= 11 is 6.02. The first kappa shape index (κ1) is 17.7. The lowest BCUT2D eigenvalue weighted by molar-refractivity contribution is -0.124. The molecule has 2 aromatic rings. The van der Waals surface area contributed by atoms with Gasteiger partial charge < -0.3 is 19.3 Å². The van der Waals surface area contributed by atoms with Gasteiger partial charge in [-0.25, -0.2) is 0 Å². The van der Waals surface area contributed by atoms with Crippen molar-refractivity contribution in [2.75, 3.05) is 24.8 Å². The van der Waals surface area contributed by atoms with E-state index in [9.17, 15) is 9.59 Å². The number of fused-ring (bicyclic) bond motifs is 1. The second kappa shape index (κ2) is 6.78. The number of amides is 2. The van der Waals surface area contributed by atoms with Crippen molar-refractivity contribution in [3.05, 3.63) is 52.5 Å². The van der Waals surface area contributed by atoms with Crippen LogP contribution in [-0.2, 0) is 4.79 Å². The van der Waals surface area contributed by atoms with Crippen LogP contribution in [0.2, 0.25) is 5.02 Å². The lowest BCUT2D eigenvalue weighted by atomic mass is 10.1. The number of ether oxygens (including phenoxy) is 2. The Morgan fingerprint density at radius 3 is 2.67 bits per heavy atom. The van der Waals surface area contributed by atoms with Crippen LogP contribution in [-0.4, -0.2) is 42.6 Å². The molecule has 0 aliphatic carbocycles. The molecule has 0 unspecified atom stereocenters. The fraction of sp³-hybridized carbons (Fsp3) is 0.300. The van der Waals surface area contributed by atoms with E-state index in [0.29, 0.717) is 35.2 Å². The van der Waals surface area contributed by atoms with E-state index < -0.39 is 6.04 Å². The highest BCUT2D eigenvalue weighted by Gasteiger charge is 2.36. The van der Waals surface area contributed by atoms with Crippen molar-refractivity contribution in [2.45, 2.75) is 19.9 Å². The van der Waals surface area contributed by atoms with Gasteiger partial charge in [0.05, 0.1) is 0 Å². The van der Waals surface area contributed by atoms with E-state index in [1.54, 1.807) is 41.0 Å². The lowest BCUT2D eigenvalue weighted by Crippen LogP contribution is -2.57. The molecule has 0 radical (unpaired) electrons. The third-order valence-corrected chi connectivity index (χ3v) is 5.22. The number of rotatable bonds is 2. The van der Waals surface area contributed by atoms with Crippen molar-refractivity contribution in [3.63, 3.8) is 0 Å². The van der Waals surface area contributed by atoms with Gasteiger partial charge in [-0.05, 0) is 55.8 Å². The molecule has 0 bridgehead atoms. The average molecular weight is 387 g/mol. The fourth-order valence-electron chi connectivity index (χ4n) is 3.50. The number of carbonyl (C=O) groups excluding carboxylic acids is 2. The van der Waals surface area contributed by atoms with Gasteiger partial charge in [0, 0.05) is 29.4 Å². The van der Waals surface area contributed by atoms with Crippen LogP contribution in [0.3, 0.4) is 0 Å². The first-order valence-corrected chi connectivity index (χ1v) is 9.11. The Balaban J connectivity index is 1.55. The number of nitrogens with zero attached hydrogens (tertiary/aromatic N) is 2. The highest BCUT2D eigenvalue weighted by molar-refractivity contribution is 6.30. The van der Waals surface area contributed by atoms with Gasteiger partial charge in [-0.2, -0.15) is 0 Å². The van der Waals surface area contributed by atoms with E-state index in [0.717, 1.165) is 11.3 Å². The molecule has 2 aliphatic heterocycles. The minimum absolute atomic E-state index is 0.110. The van der Waals surface area contributed by atoms with Crippen LogP contribution >= 0.6 is 11.6 Å². The van der Waals surface area contributed by atoms with Crippen molar-refractivity contribution in [2.24, 2.45) is 0 Å². The minimum Gasteiger partial charge on any atom is -0.454 e. The van der Waals surface area contributed by atoms with Gasteiger partial charge >= 0.3 is 0 Å². The van der Waals surface area contributed by atoms with Gasteiger partial charge in [-0.1, -0.05) is 11.6 Å². The summed E-state index contributed by atoms with van der Waals surface area (Å²) < 4.78 is 10.6. The molecule has 0 spiro atoms. The average Bonchev–Trinajstić information content (AvgIpc) is 3.12. The van der Waals surface area contributed by atoms with Gasteiger partial charge in [0.15, 0.2) is 11.5 Å². The molecule has 2 amide bonds. The van der Waals surface area contributed by atoms with Crippen LogP contribution in [0.5, 0.6) is 11.5 Å². The zero-order chi connectivity index (χ0) is 19.1. The summed E-state index contributed by atoms with van der Waals surface area (Å²) in [5.41, 5.74) is 2.24. The Morgan fingerprint density at radius 2 is 1.89 bits per heavy atom. The highest BCUT2D eigenvalue weighted by Crippen LogP contribution is 2.33. The first-order valence-electron chi connectivity index (χ1n) is 8.74. The monoisotopic (exact) mass is 386 g/mol. The molecule has 2 heterocycles. The maximum Gasteiger partial charge on any atom is 0.254 e. The third kappa shape index (κ3) is 3.10. The molecule has 1 fully saturated rings.